The molecule has 1 aromatic carbocycles. The fourth-order valence-electron chi connectivity index (χ4n) is 3.26. The molecule has 0 radical (unpaired) electrons. The van der Waals surface area contributed by atoms with Gasteiger partial charge in [-0.1, -0.05) is 6.07 Å². The summed E-state index contributed by atoms with van der Waals surface area (Å²) in [5, 5.41) is 12.6. The summed E-state index contributed by atoms with van der Waals surface area (Å²) in [4.78, 5) is 32.5. The number of quaternary nitrogens is 1. The van der Waals surface area contributed by atoms with Gasteiger partial charge in [0.25, 0.3) is 11.8 Å². The number of phenolic OH excluding ortho intramolecular Hbond substituents is 1. The monoisotopic (exact) mass is 371 g/mol. The minimum absolute atomic E-state index is 0.0633. The summed E-state index contributed by atoms with van der Waals surface area (Å²) in [7, 11) is 3.62. The van der Waals surface area contributed by atoms with Crippen LogP contribution in [0.1, 0.15) is 23.2 Å². The van der Waals surface area contributed by atoms with E-state index in [2.05, 4.69) is 15.3 Å². The van der Waals surface area contributed by atoms with Crippen molar-refractivity contribution in [1.29, 1.82) is 0 Å². The van der Waals surface area contributed by atoms with Gasteiger partial charge in [-0.2, -0.15) is 9.97 Å². The largest absolute Gasteiger partial charge is 0.508 e. The van der Waals surface area contributed by atoms with E-state index in [1.807, 2.05) is 14.1 Å². The number of anilines is 2. The number of amides is 2. The van der Waals surface area contributed by atoms with Crippen LogP contribution in [-0.2, 0) is 4.79 Å². The van der Waals surface area contributed by atoms with Crippen molar-refractivity contribution in [2.45, 2.75) is 18.9 Å². The number of phenols is 1. The highest BCUT2D eigenvalue weighted by Crippen LogP contribution is 2.38. The topological polar surface area (TPSA) is 144 Å². The number of nitrogens with zero attached hydrogens (tertiary/aromatic N) is 3. The maximum absolute atomic E-state index is 12.0. The molecule has 1 atom stereocenters. The molecule has 0 spiro atoms. The van der Waals surface area contributed by atoms with Crippen LogP contribution in [-0.4, -0.2) is 47.0 Å². The van der Waals surface area contributed by atoms with Gasteiger partial charge in [-0.25, -0.2) is 0 Å². The van der Waals surface area contributed by atoms with Gasteiger partial charge in [0.1, 0.15) is 11.3 Å². The lowest BCUT2D eigenvalue weighted by Gasteiger charge is -2.33. The highest BCUT2D eigenvalue weighted by atomic mass is 16.3. The SMILES string of the molecule is C[N+](C)(c1ncc(C(N)=O)c(Nc2cccc(O)c2)n1)C(C(N)=O)C1CC1. The van der Waals surface area contributed by atoms with Gasteiger partial charge in [-0.05, 0) is 25.0 Å². The molecule has 27 heavy (non-hydrogen) atoms. The average Bonchev–Trinajstić information content (AvgIpc) is 3.38. The molecule has 142 valence electrons. The molecule has 2 aromatic rings. The van der Waals surface area contributed by atoms with Crippen molar-refractivity contribution in [2.75, 3.05) is 19.4 Å². The second-order valence-corrected chi connectivity index (χ2v) is 7.20. The van der Waals surface area contributed by atoms with Gasteiger partial charge in [-0.15, -0.1) is 0 Å². The number of likely N-dealkylation sites (N-methyl/N-ethyl adjacent to an activating group) is 1. The van der Waals surface area contributed by atoms with Crippen molar-refractivity contribution in [1.82, 2.24) is 14.5 Å². The van der Waals surface area contributed by atoms with Crippen LogP contribution in [0, 0.1) is 5.92 Å². The Morgan fingerprint density at radius 3 is 2.56 bits per heavy atom. The first-order valence-electron chi connectivity index (χ1n) is 8.56. The zero-order chi connectivity index (χ0) is 19.8. The van der Waals surface area contributed by atoms with Crippen molar-refractivity contribution >= 4 is 29.3 Å². The number of carbonyl (C=O) groups is 2. The zero-order valence-corrected chi connectivity index (χ0v) is 15.2. The summed E-state index contributed by atoms with van der Waals surface area (Å²) in [6.07, 6.45) is 3.20. The van der Waals surface area contributed by atoms with Crippen molar-refractivity contribution in [3.63, 3.8) is 0 Å². The van der Waals surface area contributed by atoms with E-state index in [-0.39, 0.29) is 27.5 Å². The number of aromatic nitrogens is 2. The summed E-state index contributed by atoms with van der Waals surface area (Å²) >= 11 is 0. The summed E-state index contributed by atoms with van der Waals surface area (Å²) < 4.78 is 0.0633. The van der Waals surface area contributed by atoms with Crippen molar-refractivity contribution in [3.05, 3.63) is 36.0 Å². The smallest absolute Gasteiger partial charge is 0.331 e. The Morgan fingerprint density at radius 2 is 2.00 bits per heavy atom. The maximum atomic E-state index is 12.0. The van der Waals surface area contributed by atoms with Gasteiger partial charge in [0.05, 0.1) is 20.3 Å². The molecule has 1 fully saturated rings. The molecule has 2 amide bonds. The van der Waals surface area contributed by atoms with Gasteiger partial charge in [0, 0.05) is 17.7 Å². The van der Waals surface area contributed by atoms with E-state index in [1.54, 1.807) is 12.1 Å². The minimum atomic E-state index is -0.692. The molecule has 1 saturated carbocycles. The highest BCUT2D eigenvalue weighted by molar-refractivity contribution is 5.98. The highest BCUT2D eigenvalue weighted by Gasteiger charge is 2.48. The number of rotatable bonds is 7. The molecule has 0 aliphatic heterocycles. The number of aromatic hydroxyl groups is 1. The van der Waals surface area contributed by atoms with Crippen LogP contribution in [0.2, 0.25) is 0 Å². The van der Waals surface area contributed by atoms with Crippen LogP contribution in [0.25, 0.3) is 0 Å². The molecular formula is C18H23N6O3+. The van der Waals surface area contributed by atoms with E-state index >= 15 is 0 Å². The van der Waals surface area contributed by atoms with Gasteiger partial charge in [0.2, 0.25) is 0 Å². The Morgan fingerprint density at radius 1 is 1.30 bits per heavy atom. The normalized spacial score (nSPS) is 15.2. The second kappa shape index (κ2) is 6.84. The molecule has 0 bridgehead atoms. The number of carbonyl (C=O) groups excluding carboxylic acids is 2. The third kappa shape index (κ3) is 3.82. The van der Waals surface area contributed by atoms with Crippen LogP contribution in [0.15, 0.2) is 30.5 Å². The third-order valence-corrected chi connectivity index (χ3v) is 4.72. The molecule has 6 N–H and O–H groups in total. The molecular weight excluding hydrogens is 348 g/mol. The third-order valence-electron chi connectivity index (χ3n) is 4.72. The van der Waals surface area contributed by atoms with Gasteiger partial charge < -0.3 is 21.9 Å². The lowest BCUT2D eigenvalue weighted by atomic mass is 10.1. The molecule has 1 aromatic heterocycles. The van der Waals surface area contributed by atoms with Crippen LogP contribution in [0.3, 0.4) is 0 Å². The molecule has 9 heteroatoms. The molecule has 1 unspecified atom stereocenters. The van der Waals surface area contributed by atoms with Gasteiger partial charge in [-0.3, -0.25) is 14.1 Å². The number of benzene rings is 1. The molecule has 3 rings (SSSR count). The Balaban J connectivity index is 2.02. The first kappa shape index (κ1) is 18.6. The van der Waals surface area contributed by atoms with Gasteiger partial charge >= 0.3 is 5.95 Å². The first-order valence-corrected chi connectivity index (χ1v) is 8.56. The first-order chi connectivity index (χ1) is 12.7. The Labute approximate surface area is 156 Å². The van der Waals surface area contributed by atoms with E-state index in [4.69, 9.17) is 11.5 Å². The number of nitrogens with one attached hydrogen (secondary N) is 1. The van der Waals surface area contributed by atoms with E-state index in [0.717, 1.165) is 12.8 Å². The van der Waals surface area contributed by atoms with E-state index in [1.165, 1.54) is 18.3 Å². The minimum Gasteiger partial charge on any atom is -0.508 e. The number of hydrogen-bond donors (Lipinski definition) is 4. The Hall–Kier alpha value is -3.20. The van der Waals surface area contributed by atoms with Crippen LogP contribution < -0.4 is 21.3 Å². The Bertz CT molecular complexity index is 894. The molecule has 9 nitrogen and oxygen atoms in total. The standard InChI is InChI=1S/C18H22N6O3/c1-24(2,14(16(20)27)10-6-7-10)18-21-9-13(15(19)26)17(23-18)22-11-4-3-5-12(25)8-11/h3-5,8-10,14H,6-7H2,1-2H3,(H5-,19,20,21,22,23,25,26,27)/p+1. The number of primary amides is 2. The summed E-state index contributed by atoms with van der Waals surface area (Å²) in [6, 6.07) is 5.92. The fourth-order valence-corrected chi connectivity index (χ4v) is 3.26. The quantitative estimate of drug-likeness (QED) is 0.531. The average molecular weight is 371 g/mol. The second-order valence-electron chi connectivity index (χ2n) is 7.20. The van der Waals surface area contributed by atoms with Crippen LogP contribution in [0.4, 0.5) is 17.5 Å². The summed E-state index contributed by atoms with van der Waals surface area (Å²) in [5.41, 5.74) is 11.7. The molecule has 1 aliphatic rings. The predicted molar refractivity (Wildman–Crippen MR) is 101 cm³/mol. The Kier molecular flexibility index (Phi) is 4.71. The fraction of sp³-hybridized carbons (Fsp3) is 0.333. The van der Waals surface area contributed by atoms with Crippen LogP contribution in [0.5, 0.6) is 5.75 Å². The maximum Gasteiger partial charge on any atom is 0.331 e. The predicted octanol–water partition coefficient (Wildman–Crippen LogP) is 0.855. The molecule has 1 heterocycles. The molecule has 0 saturated heterocycles. The van der Waals surface area contributed by atoms with E-state index < -0.39 is 17.9 Å². The number of nitrogens with two attached hydrogens (primary N) is 2. The summed E-state index contributed by atoms with van der Waals surface area (Å²) in [6.45, 7) is 0. The van der Waals surface area contributed by atoms with Crippen LogP contribution >= 0.6 is 0 Å². The van der Waals surface area contributed by atoms with Crippen molar-refractivity contribution in [2.24, 2.45) is 17.4 Å². The van der Waals surface area contributed by atoms with Crippen molar-refractivity contribution in [3.8, 4) is 5.75 Å². The van der Waals surface area contributed by atoms with Crippen molar-refractivity contribution < 1.29 is 14.7 Å². The van der Waals surface area contributed by atoms with E-state index in [9.17, 15) is 14.7 Å². The zero-order valence-electron chi connectivity index (χ0n) is 15.2. The van der Waals surface area contributed by atoms with E-state index in [0.29, 0.717) is 11.6 Å². The number of hydrogen-bond acceptors (Lipinski definition) is 6. The molecule has 1 aliphatic carbocycles. The van der Waals surface area contributed by atoms with Gasteiger partial charge in [0.15, 0.2) is 11.9 Å². The lowest BCUT2D eigenvalue weighted by Crippen LogP contribution is -2.58. The summed E-state index contributed by atoms with van der Waals surface area (Å²) in [5.74, 6) is -0.315. The lowest BCUT2D eigenvalue weighted by molar-refractivity contribution is -0.122.